The molecule has 2 amide bonds. The Morgan fingerprint density at radius 2 is 1.60 bits per heavy atom. The van der Waals surface area contributed by atoms with Gasteiger partial charge in [-0.05, 0) is 61.4 Å². The number of halogens is 1. The fourth-order valence-electron chi connectivity index (χ4n) is 4.45. The second kappa shape index (κ2) is 9.93. The van der Waals surface area contributed by atoms with Crippen molar-refractivity contribution in [2.24, 2.45) is 0 Å². The number of rotatable bonds is 6. The zero-order valence-corrected chi connectivity index (χ0v) is 19.9. The normalized spacial score (nSPS) is 15.1. The molecule has 0 radical (unpaired) electrons. The number of likely N-dealkylation sites (tertiary alicyclic amines) is 1. The number of urea groups is 1. The van der Waals surface area contributed by atoms with Gasteiger partial charge in [0.15, 0.2) is 5.82 Å². The van der Waals surface area contributed by atoms with Gasteiger partial charge in [-0.1, -0.05) is 0 Å². The molecule has 1 aromatic heterocycles. The zero-order valence-electron chi connectivity index (χ0n) is 19.9. The number of nitrogens with zero attached hydrogens (tertiary/aromatic N) is 4. The molecule has 186 valence electrons. The van der Waals surface area contributed by atoms with Gasteiger partial charge in [-0.15, -0.1) is 0 Å². The van der Waals surface area contributed by atoms with E-state index in [4.69, 9.17) is 9.47 Å². The summed E-state index contributed by atoms with van der Waals surface area (Å²) in [6.45, 7) is 0.163. The molecule has 1 fully saturated rings. The van der Waals surface area contributed by atoms with E-state index in [1.807, 2.05) is 0 Å². The van der Waals surface area contributed by atoms with Crippen LogP contribution < -0.4 is 9.47 Å². The third kappa shape index (κ3) is 4.54. The average molecular weight is 485 g/mol. The molecule has 2 aromatic carbocycles. The number of piperidine rings is 1. The van der Waals surface area contributed by atoms with E-state index in [-0.39, 0.29) is 31.1 Å². The van der Waals surface area contributed by atoms with Crippen molar-refractivity contribution < 1.29 is 29.0 Å². The van der Waals surface area contributed by atoms with E-state index in [1.54, 1.807) is 62.8 Å². The minimum atomic E-state index is -0.978. The largest absolute Gasteiger partial charge is 0.497 e. The monoisotopic (exact) mass is 484 g/mol. The van der Waals surface area contributed by atoms with Crippen molar-refractivity contribution in [3.63, 3.8) is 0 Å². The fourth-order valence-corrected chi connectivity index (χ4v) is 4.45. The van der Waals surface area contributed by atoms with Crippen LogP contribution in [-0.4, -0.2) is 77.1 Å². The number of aliphatic hydroxyl groups is 1. The molecule has 0 unspecified atom stereocenters. The second-order valence-electron chi connectivity index (χ2n) is 8.58. The first-order valence-electron chi connectivity index (χ1n) is 11.2. The molecular formula is C25H29FN4O5. The predicted molar refractivity (Wildman–Crippen MR) is 127 cm³/mol. The van der Waals surface area contributed by atoms with Crippen molar-refractivity contribution in [1.29, 1.82) is 0 Å². The molecule has 2 heterocycles. The van der Waals surface area contributed by atoms with Gasteiger partial charge >= 0.3 is 6.03 Å². The lowest BCUT2D eigenvalue weighted by Gasteiger charge is -2.40. The quantitative estimate of drug-likeness (QED) is 0.411. The zero-order chi connectivity index (χ0) is 25.2. The number of aliphatic hydroxyl groups excluding tert-OH is 1. The van der Waals surface area contributed by atoms with Gasteiger partial charge < -0.3 is 19.5 Å². The average Bonchev–Trinajstić information content (AvgIpc) is 3.25. The van der Waals surface area contributed by atoms with Crippen LogP contribution in [-0.2, 0) is 5.41 Å². The maximum absolute atomic E-state index is 16.2. The summed E-state index contributed by atoms with van der Waals surface area (Å²) in [5.74, 6) is 0.770. The van der Waals surface area contributed by atoms with Gasteiger partial charge in [0.25, 0.3) is 0 Å². The Morgan fingerprint density at radius 1 is 1.06 bits per heavy atom. The lowest BCUT2D eigenvalue weighted by Crippen LogP contribution is -2.50. The lowest BCUT2D eigenvalue weighted by molar-refractivity contribution is -0.0387. The highest BCUT2D eigenvalue weighted by molar-refractivity contribution is 5.73. The van der Waals surface area contributed by atoms with Gasteiger partial charge in [0.2, 0.25) is 0 Å². The Morgan fingerprint density at radius 3 is 2.09 bits per heavy atom. The van der Waals surface area contributed by atoms with Crippen molar-refractivity contribution >= 4 is 6.03 Å². The smallest absolute Gasteiger partial charge is 0.343 e. The van der Waals surface area contributed by atoms with Gasteiger partial charge in [0.05, 0.1) is 26.5 Å². The number of methoxy groups -OCH3 is 2. The summed E-state index contributed by atoms with van der Waals surface area (Å²) in [5, 5.41) is 25.1. The summed E-state index contributed by atoms with van der Waals surface area (Å²) in [5.41, 5.74) is 0.651. The fraction of sp³-hybridized carbons (Fsp3) is 0.360. The van der Waals surface area contributed by atoms with E-state index in [0.29, 0.717) is 40.7 Å². The van der Waals surface area contributed by atoms with Crippen molar-refractivity contribution in [1.82, 2.24) is 19.7 Å². The number of benzene rings is 2. The van der Waals surface area contributed by atoms with Crippen LogP contribution in [0.3, 0.4) is 0 Å². The van der Waals surface area contributed by atoms with Gasteiger partial charge in [0.1, 0.15) is 22.9 Å². The van der Waals surface area contributed by atoms with Crippen LogP contribution in [0.4, 0.5) is 9.18 Å². The first kappa shape index (κ1) is 24.5. The number of hydroxylamine groups is 2. The van der Waals surface area contributed by atoms with E-state index in [2.05, 4.69) is 5.10 Å². The van der Waals surface area contributed by atoms with Crippen LogP contribution >= 0.6 is 0 Å². The van der Waals surface area contributed by atoms with Crippen LogP contribution in [0, 0.1) is 5.82 Å². The number of carbonyl (C=O) groups is 1. The first-order chi connectivity index (χ1) is 16.8. The molecule has 35 heavy (non-hydrogen) atoms. The molecule has 0 atom stereocenters. The molecule has 1 aliphatic rings. The Balaban J connectivity index is 1.80. The summed E-state index contributed by atoms with van der Waals surface area (Å²) in [7, 11) is 4.39. The molecule has 1 saturated heterocycles. The molecule has 2 N–H and O–H groups in total. The van der Waals surface area contributed by atoms with Gasteiger partial charge in [-0.25, -0.2) is 18.9 Å². The number of aromatic nitrogens is 2. The summed E-state index contributed by atoms with van der Waals surface area (Å²) < 4.78 is 28.2. The SMILES string of the molecule is COc1ccc(-c2c(F)c(C3(CO)CCN(C(=O)N(C)O)CC3)nn2-c2ccc(OC)cc2)cc1. The third-order valence-electron chi connectivity index (χ3n) is 6.58. The highest BCUT2D eigenvalue weighted by atomic mass is 19.1. The summed E-state index contributed by atoms with van der Waals surface area (Å²) in [4.78, 5) is 13.6. The highest BCUT2D eigenvalue weighted by Gasteiger charge is 2.43. The molecule has 4 rings (SSSR count). The molecule has 0 spiro atoms. The number of ether oxygens (including phenoxy) is 2. The molecule has 0 bridgehead atoms. The van der Waals surface area contributed by atoms with E-state index in [0.717, 1.165) is 0 Å². The number of hydrogen-bond donors (Lipinski definition) is 2. The summed E-state index contributed by atoms with van der Waals surface area (Å²) >= 11 is 0. The van der Waals surface area contributed by atoms with Crippen LogP contribution in [0.25, 0.3) is 16.9 Å². The Bertz CT molecular complexity index is 1170. The molecule has 9 nitrogen and oxygen atoms in total. The van der Waals surface area contributed by atoms with Crippen molar-refractivity contribution in [2.75, 3.05) is 41.0 Å². The molecule has 0 aliphatic carbocycles. The highest BCUT2D eigenvalue weighted by Crippen LogP contribution is 2.40. The molecule has 1 aliphatic heterocycles. The van der Waals surface area contributed by atoms with Crippen LogP contribution in [0.5, 0.6) is 11.5 Å². The van der Waals surface area contributed by atoms with E-state index >= 15 is 4.39 Å². The summed E-state index contributed by atoms with van der Waals surface area (Å²) in [6, 6.07) is 13.6. The van der Waals surface area contributed by atoms with Crippen molar-refractivity contribution in [2.45, 2.75) is 18.3 Å². The third-order valence-corrected chi connectivity index (χ3v) is 6.58. The Kier molecular flexibility index (Phi) is 6.95. The minimum Gasteiger partial charge on any atom is -0.497 e. The number of amides is 2. The number of hydrogen-bond acceptors (Lipinski definition) is 6. The molecule has 10 heteroatoms. The number of carbonyl (C=O) groups excluding carboxylic acids is 1. The van der Waals surface area contributed by atoms with E-state index < -0.39 is 17.3 Å². The van der Waals surface area contributed by atoms with Crippen LogP contribution in [0.15, 0.2) is 48.5 Å². The minimum absolute atomic E-state index is 0.145. The first-order valence-corrected chi connectivity index (χ1v) is 11.2. The van der Waals surface area contributed by atoms with E-state index in [1.165, 1.54) is 16.6 Å². The molecule has 3 aromatic rings. The van der Waals surface area contributed by atoms with E-state index in [9.17, 15) is 15.1 Å². The van der Waals surface area contributed by atoms with Crippen LogP contribution in [0.2, 0.25) is 0 Å². The van der Waals surface area contributed by atoms with Gasteiger partial charge in [0, 0.05) is 31.1 Å². The Labute approximate surface area is 202 Å². The standard InChI is InChI=1S/C25H29FN4O5/c1-28(33)24(32)29-14-12-25(16-31,13-15-29)23-21(26)22(17-4-8-19(34-2)9-5-17)30(27-23)18-6-10-20(35-3)11-7-18/h4-11,31,33H,12-16H2,1-3H3. The lowest BCUT2D eigenvalue weighted by atomic mass is 9.76. The topological polar surface area (TPSA) is 100 Å². The maximum Gasteiger partial charge on any atom is 0.343 e. The van der Waals surface area contributed by atoms with Crippen molar-refractivity contribution in [3.05, 3.63) is 60.0 Å². The Hall–Kier alpha value is -3.63. The van der Waals surface area contributed by atoms with Crippen LogP contribution in [0.1, 0.15) is 18.5 Å². The second-order valence-corrected chi connectivity index (χ2v) is 8.58. The van der Waals surface area contributed by atoms with Gasteiger partial charge in [-0.2, -0.15) is 5.10 Å². The summed E-state index contributed by atoms with van der Waals surface area (Å²) in [6.07, 6.45) is 0.587. The van der Waals surface area contributed by atoms with Gasteiger partial charge in [-0.3, -0.25) is 5.21 Å². The molecule has 0 saturated carbocycles. The predicted octanol–water partition coefficient (Wildman–Crippen LogP) is 3.46. The van der Waals surface area contributed by atoms with Crippen molar-refractivity contribution in [3.8, 4) is 28.4 Å². The molecular weight excluding hydrogens is 455 g/mol. The maximum atomic E-state index is 16.2.